The molecule has 0 heterocycles. The van der Waals surface area contributed by atoms with Crippen LogP contribution in [0.15, 0.2) is 18.2 Å². The van der Waals surface area contributed by atoms with Crippen LogP contribution in [0, 0.1) is 12.7 Å². The number of rotatable bonds is 1. The van der Waals surface area contributed by atoms with E-state index in [9.17, 15) is 9.18 Å². The van der Waals surface area contributed by atoms with Gasteiger partial charge in [-0.2, -0.15) is 0 Å². The molecule has 0 saturated carbocycles. The largest absolute Gasteiger partial charge is 0.324 e. The quantitative estimate of drug-likeness (QED) is 0.681. The number of halogens is 1. The first-order chi connectivity index (χ1) is 5.59. The lowest BCUT2D eigenvalue weighted by Gasteiger charge is -2.03. The van der Waals surface area contributed by atoms with Crippen molar-refractivity contribution in [1.29, 1.82) is 0 Å². The summed E-state index contributed by atoms with van der Waals surface area (Å²) in [5.41, 5.74) is 1.06. The van der Waals surface area contributed by atoms with Gasteiger partial charge in [-0.15, -0.1) is 0 Å². The van der Waals surface area contributed by atoms with Crippen LogP contribution in [0.4, 0.5) is 10.1 Å². The summed E-state index contributed by atoms with van der Waals surface area (Å²) in [7, 11) is 0. The summed E-state index contributed by atoms with van der Waals surface area (Å²) in [5.74, 6) is -0.664. The number of carbonyl (C=O) groups is 1. The molecule has 0 atom stereocenters. The maximum atomic E-state index is 13.0. The van der Waals surface area contributed by atoms with Gasteiger partial charge in [-0.25, -0.2) is 4.39 Å². The molecule has 0 aliphatic rings. The number of nitrogens with one attached hydrogen (secondary N) is 1. The van der Waals surface area contributed by atoms with Gasteiger partial charge in [-0.3, -0.25) is 4.79 Å². The summed E-state index contributed by atoms with van der Waals surface area (Å²) in [5, 5.41) is 2.39. The third-order valence-electron chi connectivity index (χ3n) is 1.44. The molecule has 0 aliphatic carbocycles. The predicted octanol–water partition coefficient (Wildman–Crippen LogP) is 2.09. The molecule has 2 nitrogen and oxygen atoms in total. The molecule has 1 amide bonds. The Balaban J connectivity index is 2.93. The molecule has 3 heteroatoms. The lowest BCUT2D eigenvalue weighted by atomic mass is 10.2. The Morgan fingerprint density at radius 2 is 2.17 bits per heavy atom. The third-order valence-corrected chi connectivity index (χ3v) is 1.44. The number of anilines is 1. The Bertz CT molecular complexity index is 309. The number of carbonyl (C=O) groups excluding carboxylic acids is 1. The number of benzene rings is 1. The van der Waals surface area contributed by atoms with E-state index in [2.05, 4.69) is 5.32 Å². The Morgan fingerprint density at radius 3 is 2.67 bits per heavy atom. The zero-order valence-electron chi connectivity index (χ0n) is 7.02. The molecule has 0 aromatic heterocycles. The van der Waals surface area contributed by atoms with Gasteiger partial charge in [0, 0.05) is 6.92 Å². The molecule has 1 aromatic rings. The van der Waals surface area contributed by atoms with Crippen molar-refractivity contribution in [2.24, 2.45) is 0 Å². The van der Waals surface area contributed by atoms with Gasteiger partial charge in [0.15, 0.2) is 0 Å². The normalized spacial score (nSPS) is 9.58. The van der Waals surface area contributed by atoms with E-state index < -0.39 is 5.82 Å². The second kappa shape index (κ2) is 3.34. The average molecular weight is 167 g/mol. The Kier molecular flexibility index (Phi) is 2.43. The van der Waals surface area contributed by atoms with Crippen LogP contribution < -0.4 is 5.32 Å². The van der Waals surface area contributed by atoms with Crippen LogP contribution in [-0.4, -0.2) is 5.91 Å². The fourth-order valence-electron chi connectivity index (χ4n) is 0.911. The van der Waals surface area contributed by atoms with E-state index in [1.54, 1.807) is 19.1 Å². The maximum Gasteiger partial charge on any atom is 0.221 e. The first kappa shape index (κ1) is 8.71. The first-order valence-electron chi connectivity index (χ1n) is 3.63. The van der Waals surface area contributed by atoms with Gasteiger partial charge in [0.05, 0.1) is 5.69 Å². The van der Waals surface area contributed by atoms with Gasteiger partial charge < -0.3 is 5.32 Å². The number of amides is 1. The zero-order chi connectivity index (χ0) is 9.14. The summed E-state index contributed by atoms with van der Waals surface area (Å²) < 4.78 is 13.0. The molecule has 0 radical (unpaired) electrons. The summed E-state index contributed by atoms with van der Waals surface area (Å²) in [6, 6.07) is 4.67. The molecule has 0 bridgehead atoms. The first-order valence-corrected chi connectivity index (χ1v) is 3.63. The van der Waals surface area contributed by atoms with E-state index in [1.165, 1.54) is 13.0 Å². The van der Waals surface area contributed by atoms with E-state index in [0.29, 0.717) is 0 Å². The van der Waals surface area contributed by atoms with E-state index in [4.69, 9.17) is 0 Å². The van der Waals surface area contributed by atoms with E-state index >= 15 is 0 Å². The topological polar surface area (TPSA) is 29.1 Å². The van der Waals surface area contributed by atoms with Crippen molar-refractivity contribution in [3.8, 4) is 0 Å². The van der Waals surface area contributed by atoms with Gasteiger partial charge in [0.25, 0.3) is 0 Å². The van der Waals surface area contributed by atoms with Gasteiger partial charge in [0.2, 0.25) is 5.91 Å². The van der Waals surface area contributed by atoms with Crippen LogP contribution in [0.1, 0.15) is 12.5 Å². The summed E-state index contributed by atoms with van der Waals surface area (Å²) >= 11 is 0. The molecule has 1 rings (SSSR count). The van der Waals surface area contributed by atoms with Crippen molar-refractivity contribution in [3.63, 3.8) is 0 Å². The molecule has 0 saturated heterocycles. The minimum Gasteiger partial charge on any atom is -0.324 e. The third kappa shape index (κ3) is 2.05. The fraction of sp³-hybridized carbons (Fsp3) is 0.222. The van der Waals surface area contributed by atoms with Crippen LogP contribution in [0.5, 0.6) is 0 Å². The standard InChI is InChI=1S/C9H10FNO/c1-6-3-4-9(8(10)5-6)11-7(2)12/h3-5H,1-2H3,(H,11,12). The number of hydrogen-bond acceptors (Lipinski definition) is 1. The van der Waals surface area contributed by atoms with Crippen LogP contribution in [0.2, 0.25) is 0 Å². The van der Waals surface area contributed by atoms with Crippen molar-refractivity contribution in [2.45, 2.75) is 13.8 Å². The molecule has 1 aromatic carbocycles. The highest BCUT2D eigenvalue weighted by atomic mass is 19.1. The summed E-state index contributed by atoms with van der Waals surface area (Å²) in [6.45, 7) is 3.14. The molecular weight excluding hydrogens is 157 g/mol. The van der Waals surface area contributed by atoms with Crippen molar-refractivity contribution in [1.82, 2.24) is 0 Å². The van der Waals surface area contributed by atoms with Crippen molar-refractivity contribution in [2.75, 3.05) is 5.32 Å². The Labute approximate surface area is 70.4 Å². The maximum absolute atomic E-state index is 13.0. The second-order valence-corrected chi connectivity index (χ2v) is 2.66. The highest BCUT2D eigenvalue weighted by Crippen LogP contribution is 2.14. The molecular formula is C9H10FNO. The lowest BCUT2D eigenvalue weighted by Crippen LogP contribution is -2.07. The van der Waals surface area contributed by atoms with Crippen LogP contribution >= 0.6 is 0 Å². The van der Waals surface area contributed by atoms with E-state index in [-0.39, 0.29) is 11.6 Å². The molecule has 0 unspecified atom stereocenters. The van der Waals surface area contributed by atoms with Gasteiger partial charge >= 0.3 is 0 Å². The second-order valence-electron chi connectivity index (χ2n) is 2.66. The van der Waals surface area contributed by atoms with Crippen LogP contribution in [-0.2, 0) is 4.79 Å². The van der Waals surface area contributed by atoms with Crippen molar-refractivity contribution in [3.05, 3.63) is 29.6 Å². The molecule has 12 heavy (non-hydrogen) atoms. The summed E-state index contributed by atoms with van der Waals surface area (Å²) in [4.78, 5) is 10.6. The van der Waals surface area contributed by atoms with Crippen molar-refractivity contribution < 1.29 is 9.18 Å². The predicted molar refractivity (Wildman–Crippen MR) is 45.4 cm³/mol. The monoisotopic (exact) mass is 167 g/mol. The molecule has 0 aliphatic heterocycles. The Morgan fingerprint density at radius 1 is 1.50 bits per heavy atom. The van der Waals surface area contributed by atoms with Gasteiger partial charge in [0.1, 0.15) is 5.82 Å². The smallest absolute Gasteiger partial charge is 0.221 e. The molecule has 0 fully saturated rings. The van der Waals surface area contributed by atoms with Crippen LogP contribution in [0.25, 0.3) is 0 Å². The fourth-order valence-corrected chi connectivity index (χ4v) is 0.911. The van der Waals surface area contributed by atoms with Gasteiger partial charge in [-0.1, -0.05) is 6.07 Å². The number of hydrogen-bond donors (Lipinski definition) is 1. The van der Waals surface area contributed by atoms with Crippen LogP contribution in [0.3, 0.4) is 0 Å². The van der Waals surface area contributed by atoms with Crippen molar-refractivity contribution >= 4 is 11.6 Å². The zero-order valence-corrected chi connectivity index (χ0v) is 7.02. The lowest BCUT2D eigenvalue weighted by molar-refractivity contribution is -0.114. The van der Waals surface area contributed by atoms with E-state index in [0.717, 1.165) is 5.56 Å². The number of aryl methyl sites for hydroxylation is 1. The minimum atomic E-state index is -0.398. The highest BCUT2D eigenvalue weighted by molar-refractivity contribution is 5.88. The highest BCUT2D eigenvalue weighted by Gasteiger charge is 2.02. The molecule has 1 N–H and O–H groups in total. The SMILES string of the molecule is CC(=O)Nc1ccc(C)cc1F. The Hall–Kier alpha value is -1.38. The molecule has 64 valence electrons. The van der Waals surface area contributed by atoms with Gasteiger partial charge in [-0.05, 0) is 24.6 Å². The van der Waals surface area contributed by atoms with E-state index in [1.807, 2.05) is 0 Å². The molecule has 0 spiro atoms. The minimum absolute atomic E-state index is 0.230. The summed E-state index contributed by atoms with van der Waals surface area (Å²) in [6.07, 6.45) is 0. The average Bonchev–Trinajstić information content (AvgIpc) is 1.94.